The summed E-state index contributed by atoms with van der Waals surface area (Å²) in [5.41, 5.74) is 4.13. The monoisotopic (exact) mass is 466 g/mol. The molecule has 1 N–H and O–H groups in total. The number of fused-ring (bicyclic) bond motifs is 1. The van der Waals surface area contributed by atoms with Crippen molar-refractivity contribution in [3.8, 4) is 5.75 Å². The Morgan fingerprint density at radius 1 is 0.971 bits per heavy atom. The van der Waals surface area contributed by atoms with Crippen LogP contribution in [-0.4, -0.2) is 10.8 Å². The molecule has 5 heteroatoms. The lowest BCUT2D eigenvalue weighted by molar-refractivity contribution is 0.464. The molecule has 0 spiro atoms. The van der Waals surface area contributed by atoms with Gasteiger partial charge in [0.25, 0.3) is 0 Å². The van der Waals surface area contributed by atoms with Crippen molar-refractivity contribution in [2.24, 2.45) is 5.10 Å². The number of phenolic OH excluding ortho intramolecular Hbond substituents is 1. The molecule has 178 valence electrons. The zero-order chi connectivity index (χ0) is 24.2. The van der Waals surface area contributed by atoms with Crippen LogP contribution in [0.5, 0.6) is 5.75 Å². The van der Waals surface area contributed by atoms with Crippen molar-refractivity contribution in [1.82, 2.24) is 0 Å². The molecule has 1 atom stereocenters. The van der Waals surface area contributed by atoms with Gasteiger partial charge in [-0.15, -0.1) is 0 Å². The predicted octanol–water partition coefficient (Wildman–Crippen LogP) is 6.98. The third kappa shape index (κ3) is 4.85. The first-order valence-electron chi connectivity index (χ1n) is 12.4. The van der Waals surface area contributed by atoms with Crippen molar-refractivity contribution in [1.29, 1.82) is 0 Å². The normalized spacial score (nSPS) is 15.5. The summed E-state index contributed by atoms with van der Waals surface area (Å²) in [6.45, 7) is 2.18. The second-order valence-electron chi connectivity index (χ2n) is 9.13. The fourth-order valence-electron chi connectivity index (χ4n) is 4.77. The third-order valence-electron chi connectivity index (χ3n) is 6.66. The molecule has 2 heterocycles. The average Bonchev–Trinajstić information content (AvgIpc) is 3.33. The molecule has 0 unspecified atom stereocenters. The van der Waals surface area contributed by atoms with E-state index in [-0.39, 0.29) is 11.8 Å². The summed E-state index contributed by atoms with van der Waals surface area (Å²) in [7, 11) is 0. The highest BCUT2D eigenvalue weighted by molar-refractivity contribution is 6.04. The van der Waals surface area contributed by atoms with Gasteiger partial charge in [-0.25, -0.2) is 4.79 Å². The van der Waals surface area contributed by atoms with Crippen LogP contribution in [0.1, 0.15) is 61.8 Å². The zero-order valence-electron chi connectivity index (χ0n) is 20.0. The van der Waals surface area contributed by atoms with Crippen LogP contribution in [0.25, 0.3) is 11.0 Å². The second-order valence-corrected chi connectivity index (χ2v) is 9.13. The van der Waals surface area contributed by atoms with Gasteiger partial charge in [-0.1, -0.05) is 74.7 Å². The van der Waals surface area contributed by atoms with Crippen LogP contribution in [0.15, 0.2) is 93.2 Å². The number of aromatic hydroxyl groups is 1. The van der Waals surface area contributed by atoms with Gasteiger partial charge in [0.05, 0.1) is 23.0 Å². The van der Waals surface area contributed by atoms with E-state index in [9.17, 15) is 9.90 Å². The summed E-state index contributed by atoms with van der Waals surface area (Å²) in [6, 6.07) is 25.6. The minimum Gasteiger partial charge on any atom is -0.508 e. The van der Waals surface area contributed by atoms with Crippen LogP contribution in [0.4, 0.5) is 5.69 Å². The summed E-state index contributed by atoms with van der Waals surface area (Å²) in [5.74, 6) is 0.183. The van der Waals surface area contributed by atoms with Gasteiger partial charge < -0.3 is 9.52 Å². The summed E-state index contributed by atoms with van der Waals surface area (Å²) < 4.78 is 5.65. The molecule has 35 heavy (non-hydrogen) atoms. The number of para-hydroxylation sites is 1. The molecule has 5 rings (SSSR count). The van der Waals surface area contributed by atoms with Gasteiger partial charge in [-0.05, 0) is 48.2 Å². The van der Waals surface area contributed by atoms with E-state index in [0.29, 0.717) is 23.3 Å². The first-order valence-corrected chi connectivity index (χ1v) is 12.4. The predicted molar refractivity (Wildman–Crippen MR) is 141 cm³/mol. The second kappa shape index (κ2) is 10.2. The molecule has 0 fully saturated rings. The van der Waals surface area contributed by atoms with Gasteiger partial charge in [-0.2, -0.15) is 5.10 Å². The Morgan fingerprint density at radius 3 is 2.46 bits per heavy atom. The molecule has 5 nitrogen and oxygen atoms in total. The standard InChI is InChI=1S/C30H30N2O3/c1-2-3-4-7-14-22-17-23-18-25(30(34)35-29(23)20-28(22)33)26-19-27(21-12-8-5-9-13-21)32(31-26)24-15-10-6-11-16-24/h5-6,8-13,15-18,20,27,33H,2-4,7,14,19H2,1H3/t27-/m0/s1. The van der Waals surface area contributed by atoms with Gasteiger partial charge >= 0.3 is 5.63 Å². The highest BCUT2D eigenvalue weighted by atomic mass is 16.4. The molecule has 4 aromatic rings. The van der Waals surface area contributed by atoms with E-state index in [1.807, 2.05) is 65.7 Å². The van der Waals surface area contributed by atoms with Gasteiger partial charge in [-0.3, -0.25) is 5.01 Å². The number of hydrazone groups is 1. The Bertz CT molecular complexity index is 1390. The fraction of sp³-hybridized carbons (Fsp3) is 0.267. The lowest BCUT2D eigenvalue weighted by atomic mass is 9.97. The number of nitrogens with zero attached hydrogens (tertiary/aromatic N) is 2. The minimum atomic E-state index is -0.437. The Kier molecular flexibility index (Phi) is 6.66. The van der Waals surface area contributed by atoms with E-state index in [0.717, 1.165) is 41.5 Å². The molecule has 1 aliphatic heterocycles. The number of anilines is 1. The number of benzene rings is 3. The number of hydrogen-bond donors (Lipinski definition) is 1. The van der Waals surface area contributed by atoms with Crippen LogP contribution >= 0.6 is 0 Å². The Morgan fingerprint density at radius 2 is 1.71 bits per heavy atom. The Balaban J connectivity index is 1.52. The Hall–Kier alpha value is -3.86. The van der Waals surface area contributed by atoms with E-state index in [1.165, 1.54) is 12.8 Å². The number of unbranched alkanes of at least 4 members (excludes halogenated alkanes) is 3. The number of rotatable bonds is 8. The third-order valence-corrected chi connectivity index (χ3v) is 6.66. The summed E-state index contributed by atoms with van der Waals surface area (Å²) in [6.07, 6.45) is 5.91. The number of phenols is 1. The van der Waals surface area contributed by atoms with Gasteiger partial charge in [0.2, 0.25) is 0 Å². The molecule has 0 amide bonds. The molecule has 0 saturated heterocycles. The maximum atomic E-state index is 13.0. The largest absolute Gasteiger partial charge is 0.508 e. The Labute approximate surface area is 205 Å². The highest BCUT2D eigenvalue weighted by Crippen LogP contribution is 2.36. The van der Waals surface area contributed by atoms with Gasteiger partial charge in [0.15, 0.2) is 0 Å². The van der Waals surface area contributed by atoms with E-state index in [2.05, 4.69) is 19.1 Å². The molecular weight excluding hydrogens is 436 g/mol. The molecule has 1 aromatic heterocycles. The maximum Gasteiger partial charge on any atom is 0.345 e. The minimum absolute atomic E-state index is 0.0161. The highest BCUT2D eigenvalue weighted by Gasteiger charge is 2.31. The van der Waals surface area contributed by atoms with Gasteiger partial charge in [0.1, 0.15) is 11.3 Å². The fourth-order valence-corrected chi connectivity index (χ4v) is 4.77. The van der Waals surface area contributed by atoms with Crippen molar-refractivity contribution in [2.75, 3.05) is 5.01 Å². The molecule has 0 saturated carbocycles. The van der Waals surface area contributed by atoms with Crippen molar-refractivity contribution >= 4 is 22.4 Å². The SMILES string of the molecule is CCCCCCc1cc2cc(C3=NN(c4ccccc4)[C@H](c4ccccc4)C3)c(=O)oc2cc1O. The maximum absolute atomic E-state index is 13.0. The van der Waals surface area contributed by atoms with E-state index >= 15 is 0 Å². The average molecular weight is 467 g/mol. The molecular formula is C30H30N2O3. The van der Waals surface area contributed by atoms with Crippen LogP contribution in [0.2, 0.25) is 0 Å². The van der Waals surface area contributed by atoms with Crippen molar-refractivity contribution in [2.45, 2.75) is 51.5 Å². The smallest absolute Gasteiger partial charge is 0.345 e. The van der Waals surface area contributed by atoms with Crippen molar-refractivity contribution < 1.29 is 9.52 Å². The molecule has 3 aromatic carbocycles. The van der Waals surface area contributed by atoms with Crippen LogP contribution in [0, 0.1) is 0 Å². The first kappa shape index (κ1) is 22.9. The quantitative estimate of drug-likeness (QED) is 0.225. The van der Waals surface area contributed by atoms with Crippen molar-refractivity contribution in [3.05, 3.63) is 106 Å². The molecule has 0 aliphatic carbocycles. The topological polar surface area (TPSA) is 66.0 Å². The number of aryl methyl sites for hydroxylation is 1. The van der Waals surface area contributed by atoms with Crippen molar-refractivity contribution in [3.63, 3.8) is 0 Å². The van der Waals surface area contributed by atoms with Crippen LogP contribution < -0.4 is 10.6 Å². The summed E-state index contributed by atoms with van der Waals surface area (Å²) in [4.78, 5) is 13.0. The van der Waals surface area contributed by atoms with E-state index in [1.54, 1.807) is 6.07 Å². The molecule has 0 radical (unpaired) electrons. The molecule has 1 aliphatic rings. The van der Waals surface area contributed by atoms with Crippen LogP contribution in [-0.2, 0) is 6.42 Å². The zero-order valence-corrected chi connectivity index (χ0v) is 20.0. The summed E-state index contributed by atoms with van der Waals surface area (Å²) in [5, 5.41) is 18.2. The lowest BCUT2D eigenvalue weighted by Gasteiger charge is -2.23. The van der Waals surface area contributed by atoms with Gasteiger partial charge in [0, 0.05) is 17.9 Å². The summed E-state index contributed by atoms with van der Waals surface area (Å²) >= 11 is 0. The lowest BCUT2D eigenvalue weighted by Crippen LogP contribution is -2.18. The van der Waals surface area contributed by atoms with E-state index < -0.39 is 5.63 Å². The first-order chi connectivity index (χ1) is 17.1. The van der Waals surface area contributed by atoms with Crippen LogP contribution in [0.3, 0.4) is 0 Å². The van der Waals surface area contributed by atoms with E-state index in [4.69, 9.17) is 9.52 Å². The number of hydrogen-bond acceptors (Lipinski definition) is 5. The molecule has 0 bridgehead atoms.